The smallest absolute Gasteiger partial charge is 0.249 e. The van der Waals surface area contributed by atoms with Gasteiger partial charge in [0, 0.05) is 25.2 Å². The molecule has 184 valence electrons. The first kappa shape index (κ1) is 27.5. The van der Waals surface area contributed by atoms with Crippen LogP contribution in [0.25, 0.3) is 0 Å². The molecule has 1 aliphatic rings. The first-order chi connectivity index (χ1) is 15.2. The van der Waals surface area contributed by atoms with E-state index in [0.717, 1.165) is 11.6 Å². The first-order valence-electron chi connectivity index (χ1n) is 10.3. The summed E-state index contributed by atoms with van der Waals surface area (Å²) in [6.45, 7) is 3.49. The normalized spacial score (nSPS) is 15.6. The number of fused-ring (bicyclic) bond motifs is 1. The van der Waals surface area contributed by atoms with Gasteiger partial charge in [-0.1, -0.05) is 12.1 Å². The summed E-state index contributed by atoms with van der Waals surface area (Å²) in [5.41, 5.74) is 2.32. The molecule has 34 heavy (non-hydrogen) atoms. The fourth-order valence-electron chi connectivity index (χ4n) is 3.90. The molecular formula is C22H28F2N6O2S2. The highest BCUT2D eigenvalue weighted by molar-refractivity contribution is 7.59. The van der Waals surface area contributed by atoms with E-state index in [-0.39, 0.29) is 45.0 Å². The van der Waals surface area contributed by atoms with E-state index in [4.69, 9.17) is 0 Å². The molecule has 0 aliphatic carbocycles. The van der Waals surface area contributed by atoms with Gasteiger partial charge in [-0.05, 0) is 31.9 Å². The minimum atomic E-state index is -0.881. The SMILES string of the molecule is Cc1nc(CCc2cnn(Cc3cccc(F)c3F)c2)nc2c1NC(=O)[C@H]([C@H](C)O)N2C.S.S. The molecule has 3 aromatic rings. The number of aliphatic hydroxyl groups is 1. The molecule has 1 aliphatic heterocycles. The third-order valence-electron chi connectivity index (χ3n) is 5.53. The third-order valence-corrected chi connectivity index (χ3v) is 5.53. The third kappa shape index (κ3) is 5.50. The highest BCUT2D eigenvalue weighted by Crippen LogP contribution is 2.32. The van der Waals surface area contributed by atoms with Crippen molar-refractivity contribution >= 4 is 44.4 Å². The number of aliphatic hydroxyl groups excluding tert-OH is 1. The van der Waals surface area contributed by atoms with Gasteiger partial charge in [0.2, 0.25) is 5.91 Å². The number of hydrogen-bond donors (Lipinski definition) is 2. The second-order valence-corrected chi connectivity index (χ2v) is 7.97. The molecule has 3 heterocycles. The minimum absolute atomic E-state index is 0. The van der Waals surface area contributed by atoms with Crippen molar-refractivity contribution in [2.75, 3.05) is 17.3 Å². The fourth-order valence-corrected chi connectivity index (χ4v) is 3.90. The fraction of sp³-hybridized carbons (Fsp3) is 0.364. The molecule has 2 atom stereocenters. The molecule has 0 saturated carbocycles. The number of anilines is 2. The van der Waals surface area contributed by atoms with Crippen LogP contribution < -0.4 is 10.2 Å². The standard InChI is InChI=1S/C22H24F2N6O2.2H2S/c1-12-19-21(29(3)20(13(2)31)22(32)28-19)27-17(26-12)8-7-14-9-25-30(10-14)11-15-5-4-6-16(23)18(15)24;;/h4-6,9-10,13,20,31H,7-8,11H2,1-3H3,(H,28,32);2*1H2/t13-,20-;;/m0../s1. The zero-order chi connectivity index (χ0) is 23.0. The number of likely N-dealkylation sites (N-methyl/N-ethyl adjacent to an activating group) is 1. The minimum Gasteiger partial charge on any atom is -0.391 e. The van der Waals surface area contributed by atoms with Gasteiger partial charge in [-0.3, -0.25) is 9.48 Å². The molecule has 0 spiro atoms. The van der Waals surface area contributed by atoms with Crippen LogP contribution in [0, 0.1) is 18.6 Å². The quantitative estimate of drug-likeness (QED) is 0.529. The van der Waals surface area contributed by atoms with Crippen LogP contribution in [0.1, 0.15) is 29.6 Å². The average molecular weight is 511 g/mol. The second-order valence-electron chi connectivity index (χ2n) is 7.97. The van der Waals surface area contributed by atoms with E-state index in [1.807, 2.05) is 0 Å². The van der Waals surface area contributed by atoms with Crippen LogP contribution in [0.5, 0.6) is 0 Å². The number of nitrogens with zero attached hydrogens (tertiary/aromatic N) is 5. The zero-order valence-electron chi connectivity index (χ0n) is 19.0. The number of carbonyl (C=O) groups is 1. The Hall–Kier alpha value is -2.70. The predicted octanol–water partition coefficient (Wildman–Crippen LogP) is 2.46. The highest BCUT2D eigenvalue weighted by atomic mass is 32.1. The first-order valence-corrected chi connectivity index (χ1v) is 10.3. The molecule has 0 unspecified atom stereocenters. The summed E-state index contributed by atoms with van der Waals surface area (Å²) in [5, 5.41) is 17.0. The Morgan fingerprint density at radius 3 is 2.65 bits per heavy atom. The molecule has 2 aromatic heterocycles. The van der Waals surface area contributed by atoms with Crippen LogP contribution in [-0.2, 0) is 24.2 Å². The molecule has 0 radical (unpaired) electrons. The second kappa shape index (κ2) is 11.2. The van der Waals surface area contributed by atoms with Crippen LogP contribution in [0.15, 0.2) is 30.6 Å². The van der Waals surface area contributed by atoms with Crippen molar-refractivity contribution in [3.8, 4) is 0 Å². The van der Waals surface area contributed by atoms with Gasteiger partial charge < -0.3 is 15.3 Å². The van der Waals surface area contributed by atoms with Crippen molar-refractivity contribution in [3.05, 3.63) is 64.9 Å². The molecule has 0 fully saturated rings. The molecule has 0 saturated heterocycles. The average Bonchev–Trinajstić information content (AvgIpc) is 3.18. The van der Waals surface area contributed by atoms with Gasteiger partial charge in [-0.2, -0.15) is 32.1 Å². The molecule has 8 nitrogen and oxygen atoms in total. The molecule has 2 N–H and O–H groups in total. The highest BCUT2D eigenvalue weighted by Gasteiger charge is 2.36. The van der Waals surface area contributed by atoms with Crippen LogP contribution in [-0.4, -0.2) is 50.0 Å². The van der Waals surface area contributed by atoms with Crippen molar-refractivity contribution in [3.63, 3.8) is 0 Å². The summed E-state index contributed by atoms with van der Waals surface area (Å²) in [5.74, 6) is -0.882. The summed E-state index contributed by atoms with van der Waals surface area (Å²) in [6, 6.07) is 3.35. The summed E-state index contributed by atoms with van der Waals surface area (Å²) in [4.78, 5) is 23.1. The lowest BCUT2D eigenvalue weighted by Crippen LogP contribution is -2.52. The number of aromatic nitrogens is 4. The number of rotatable bonds is 6. The molecule has 4 rings (SSSR count). The Kier molecular flexibility index (Phi) is 9.03. The molecule has 12 heteroatoms. The number of aryl methyl sites for hydroxylation is 3. The number of amides is 1. The topological polar surface area (TPSA) is 96.2 Å². The maximum Gasteiger partial charge on any atom is 0.249 e. The van der Waals surface area contributed by atoms with E-state index < -0.39 is 23.8 Å². The van der Waals surface area contributed by atoms with Crippen molar-refractivity contribution in [1.82, 2.24) is 19.7 Å². The van der Waals surface area contributed by atoms with Gasteiger partial charge in [0.15, 0.2) is 17.5 Å². The van der Waals surface area contributed by atoms with Crippen LogP contribution in [0.2, 0.25) is 0 Å². The zero-order valence-corrected chi connectivity index (χ0v) is 21.0. The molecular weight excluding hydrogens is 482 g/mol. The van der Waals surface area contributed by atoms with Crippen molar-refractivity contribution in [2.24, 2.45) is 0 Å². The van der Waals surface area contributed by atoms with Gasteiger partial charge in [0.25, 0.3) is 0 Å². The van der Waals surface area contributed by atoms with E-state index in [1.165, 1.54) is 12.1 Å². The number of benzene rings is 1. The Labute approximate surface area is 210 Å². The number of nitrogens with one attached hydrogen (secondary N) is 1. The van der Waals surface area contributed by atoms with Gasteiger partial charge in [-0.25, -0.2) is 18.7 Å². The van der Waals surface area contributed by atoms with E-state index in [1.54, 1.807) is 42.9 Å². The van der Waals surface area contributed by atoms with Crippen LogP contribution in [0.3, 0.4) is 0 Å². The van der Waals surface area contributed by atoms with Gasteiger partial charge in [-0.15, -0.1) is 0 Å². The summed E-state index contributed by atoms with van der Waals surface area (Å²) in [6.07, 6.45) is 3.72. The van der Waals surface area contributed by atoms with Crippen molar-refractivity contribution in [1.29, 1.82) is 0 Å². The Balaban J connectivity index is 0.00000204. The number of hydrogen-bond acceptors (Lipinski definition) is 6. The van der Waals surface area contributed by atoms with Gasteiger partial charge >= 0.3 is 0 Å². The van der Waals surface area contributed by atoms with Crippen molar-refractivity contribution in [2.45, 2.75) is 45.4 Å². The maximum atomic E-state index is 13.9. The molecule has 1 amide bonds. The Bertz CT molecular complexity index is 1170. The van der Waals surface area contributed by atoms with E-state index in [2.05, 4.69) is 20.4 Å². The summed E-state index contributed by atoms with van der Waals surface area (Å²) >= 11 is 0. The van der Waals surface area contributed by atoms with Gasteiger partial charge in [0.1, 0.15) is 17.6 Å². The summed E-state index contributed by atoms with van der Waals surface area (Å²) in [7, 11) is 1.72. The van der Waals surface area contributed by atoms with Gasteiger partial charge in [0.05, 0.1) is 24.5 Å². The largest absolute Gasteiger partial charge is 0.391 e. The maximum absolute atomic E-state index is 13.9. The Morgan fingerprint density at radius 1 is 1.21 bits per heavy atom. The lowest BCUT2D eigenvalue weighted by molar-refractivity contribution is -0.119. The lowest BCUT2D eigenvalue weighted by atomic mass is 10.1. The summed E-state index contributed by atoms with van der Waals surface area (Å²) < 4.78 is 28.9. The van der Waals surface area contributed by atoms with Crippen LogP contribution >= 0.6 is 27.0 Å². The molecule has 1 aromatic carbocycles. The molecule has 0 bridgehead atoms. The number of carbonyl (C=O) groups excluding carboxylic acids is 1. The van der Waals surface area contributed by atoms with E-state index in [0.29, 0.717) is 35.9 Å². The van der Waals surface area contributed by atoms with Crippen molar-refractivity contribution < 1.29 is 18.7 Å². The lowest BCUT2D eigenvalue weighted by Gasteiger charge is -2.36. The monoisotopic (exact) mass is 510 g/mol. The van der Waals surface area contributed by atoms with E-state index in [9.17, 15) is 18.7 Å². The van der Waals surface area contributed by atoms with E-state index >= 15 is 0 Å². The Morgan fingerprint density at radius 2 is 1.94 bits per heavy atom. The number of halogens is 2. The van der Waals surface area contributed by atoms with Crippen LogP contribution in [0.4, 0.5) is 20.3 Å². The predicted molar refractivity (Wildman–Crippen MR) is 135 cm³/mol.